The summed E-state index contributed by atoms with van der Waals surface area (Å²) in [6.45, 7) is 3.17. The van der Waals surface area contributed by atoms with Crippen molar-refractivity contribution in [3.05, 3.63) is 23.2 Å². The van der Waals surface area contributed by atoms with Gasteiger partial charge in [0.05, 0.1) is 24.3 Å². The fourth-order valence-corrected chi connectivity index (χ4v) is 2.60. The standard InChI is InChI=1S/C17H25ClN2O5/c18-15-11-14(4-5-16(15)22)25-12-13(21)3-1-2-6-19-17(23)20-7-9-24-10-8-20/h4-5,11,13,21-22H,1-3,6-10,12H2,(H,19,23)/t13-/m0/s1. The zero-order valence-electron chi connectivity index (χ0n) is 14.1. The van der Waals surface area contributed by atoms with Crippen molar-refractivity contribution in [3.8, 4) is 11.5 Å². The van der Waals surface area contributed by atoms with E-state index in [1.165, 1.54) is 12.1 Å². The maximum absolute atomic E-state index is 11.9. The fourth-order valence-electron chi connectivity index (χ4n) is 2.43. The summed E-state index contributed by atoms with van der Waals surface area (Å²) in [5, 5.41) is 22.4. The minimum Gasteiger partial charge on any atom is -0.506 e. The Balaban J connectivity index is 1.53. The number of phenolic OH excluding ortho intramolecular Hbond substituents is 1. The van der Waals surface area contributed by atoms with Crippen LogP contribution in [0.5, 0.6) is 11.5 Å². The molecule has 1 aromatic carbocycles. The highest BCUT2D eigenvalue weighted by atomic mass is 35.5. The molecule has 1 aromatic rings. The van der Waals surface area contributed by atoms with Gasteiger partial charge in [-0.1, -0.05) is 11.6 Å². The number of morpholine rings is 1. The second kappa shape index (κ2) is 10.3. The normalized spacial score (nSPS) is 15.7. The minimum atomic E-state index is -0.595. The molecular weight excluding hydrogens is 348 g/mol. The fraction of sp³-hybridized carbons (Fsp3) is 0.588. The number of nitrogens with zero attached hydrogens (tertiary/aromatic N) is 1. The number of hydrogen-bond acceptors (Lipinski definition) is 5. The first kappa shape index (κ1) is 19.6. The molecule has 1 atom stereocenters. The first-order chi connectivity index (χ1) is 12.1. The largest absolute Gasteiger partial charge is 0.506 e. The third kappa shape index (κ3) is 6.97. The van der Waals surface area contributed by atoms with Crippen LogP contribution in [0.25, 0.3) is 0 Å². The van der Waals surface area contributed by atoms with Crippen molar-refractivity contribution >= 4 is 17.6 Å². The van der Waals surface area contributed by atoms with Crippen LogP contribution < -0.4 is 10.1 Å². The number of phenols is 1. The second-order valence-electron chi connectivity index (χ2n) is 5.91. The molecule has 1 fully saturated rings. The number of carbonyl (C=O) groups is 1. The van der Waals surface area contributed by atoms with Crippen molar-refractivity contribution < 1.29 is 24.5 Å². The minimum absolute atomic E-state index is 0.00584. The quantitative estimate of drug-likeness (QED) is 0.607. The Morgan fingerprint density at radius 3 is 2.84 bits per heavy atom. The molecule has 2 rings (SSSR count). The van der Waals surface area contributed by atoms with Gasteiger partial charge in [0, 0.05) is 25.7 Å². The van der Waals surface area contributed by atoms with Crippen LogP contribution in [-0.4, -0.2) is 66.7 Å². The summed E-state index contributed by atoms with van der Waals surface area (Å²) in [4.78, 5) is 13.6. The van der Waals surface area contributed by atoms with Crippen LogP contribution >= 0.6 is 11.6 Å². The Labute approximate surface area is 152 Å². The molecule has 0 spiro atoms. The van der Waals surface area contributed by atoms with Gasteiger partial charge in [-0.2, -0.15) is 0 Å². The number of urea groups is 1. The zero-order chi connectivity index (χ0) is 18.1. The topological polar surface area (TPSA) is 91.3 Å². The van der Waals surface area contributed by atoms with Crippen LogP contribution in [-0.2, 0) is 4.74 Å². The number of unbranched alkanes of at least 4 members (excludes halogenated alkanes) is 1. The van der Waals surface area contributed by atoms with Gasteiger partial charge in [0.1, 0.15) is 18.1 Å². The first-order valence-corrected chi connectivity index (χ1v) is 8.84. The van der Waals surface area contributed by atoms with E-state index in [2.05, 4.69) is 5.32 Å². The molecule has 1 aliphatic rings. The van der Waals surface area contributed by atoms with Crippen molar-refractivity contribution in [2.24, 2.45) is 0 Å². The Hall–Kier alpha value is -1.70. The summed E-state index contributed by atoms with van der Waals surface area (Å²) >= 11 is 5.79. The molecule has 8 heteroatoms. The Morgan fingerprint density at radius 1 is 1.36 bits per heavy atom. The van der Waals surface area contributed by atoms with Crippen LogP contribution in [0.1, 0.15) is 19.3 Å². The van der Waals surface area contributed by atoms with Crippen molar-refractivity contribution in [1.29, 1.82) is 0 Å². The monoisotopic (exact) mass is 372 g/mol. The lowest BCUT2D eigenvalue weighted by molar-refractivity contribution is 0.0532. The van der Waals surface area contributed by atoms with Crippen LogP contribution in [0.4, 0.5) is 4.79 Å². The van der Waals surface area contributed by atoms with E-state index >= 15 is 0 Å². The van der Waals surface area contributed by atoms with E-state index < -0.39 is 6.10 Å². The highest BCUT2D eigenvalue weighted by molar-refractivity contribution is 6.32. The summed E-state index contributed by atoms with van der Waals surface area (Å²) in [6, 6.07) is 4.48. The van der Waals surface area contributed by atoms with Gasteiger partial charge >= 0.3 is 6.03 Å². The number of aromatic hydroxyl groups is 1. The molecule has 0 bridgehead atoms. The van der Waals surface area contributed by atoms with Crippen molar-refractivity contribution in [3.63, 3.8) is 0 Å². The van der Waals surface area contributed by atoms with Crippen LogP contribution in [0.2, 0.25) is 5.02 Å². The number of aliphatic hydroxyl groups excluding tert-OH is 1. The van der Waals surface area contributed by atoms with Gasteiger partial charge in [-0.05, 0) is 31.4 Å². The third-order valence-corrected chi connectivity index (χ3v) is 4.20. The summed E-state index contributed by atoms with van der Waals surface area (Å²) in [7, 11) is 0. The number of amides is 2. The van der Waals surface area contributed by atoms with Crippen molar-refractivity contribution in [2.75, 3.05) is 39.5 Å². The number of benzene rings is 1. The smallest absolute Gasteiger partial charge is 0.317 e. The number of rotatable bonds is 8. The molecule has 0 unspecified atom stereocenters. The number of ether oxygens (including phenoxy) is 2. The van der Waals surface area contributed by atoms with E-state index in [0.29, 0.717) is 45.0 Å². The zero-order valence-corrected chi connectivity index (χ0v) is 14.9. The van der Waals surface area contributed by atoms with Crippen LogP contribution in [0, 0.1) is 0 Å². The van der Waals surface area contributed by atoms with E-state index in [4.69, 9.17) is 21.1 Å². The van der Waals surface area contributed by atoms with Gasteiger partial charge in [-0.15, -0.1) is 0 Å². The molecule has 0 radical (unpaired) electrons. The molecule has 3 N–H and O–H groups in total. The molecule has 25 heavy (non-hydrogen) atoms. The number of carbonyl (C=O) groups excluding carboxylic acids is 1. The van der Waals surface area contributed by atoms with Gasteiger partial charge < -0.3 is 29.9 Å². The van der Waals surface area contributed by atoms with Gasteiger partial charge in [-0.3, -0.25) is 0 Å². The average Bonchev–Trinajstić information content (AvgIpc) is 2.63. The SMILES string of the molecule is O=C(NCCCC[C@H](O)COc1ccc(O)c(Cl)c1)N1CCOCC1. The Bertz CT molecular complexity index is 552. The summed E-state index contributed by atoms with van der Waals surface area (Å²) in [5.41, 5.74) is 0. The molecule has 1 aliphatic heterocycles. The number of nitrogens with one attached hydrogen (secondary N) is 1. The lowest BCUT2D eigenvalue weighted by atomic mass is 10.1. The molecule has 1 saturated heterocycles. The highest BCUT2D eigenvalue weighted by Crippen LogP contribution is 2.27. The molecule has 2 amide bonds. The lowest BCUT2D eigenvalue weighted by Gasteiger charge is -2.26. The molecule has 140 valence electrons. The molecule has 0 saturated carbocycles. The van der Waals surface area contributed by atoms with Crippen molar-refractivity contribution in [2.45, 2.75) is 25.4 Å². The molecule has 0 aliphatic carbocycles. The van der Waals surface area contributed by atoms with Gasteiger partial charge in [-0.25, -0.2) is 4.79 Å². The van der Waals surface area contributed by atoms with Crippen LogP contribution in [0.15, 0.2) is 18.2 Å². The number of hydrogen-bond donors (Lipinski definition) is 3. The van der Waals surface area contributed by atoms with E-state index in [0.717, 1.165) is 12.8 Å². The van der Waals surface area contributed by atoms with Crippen LogP contribution in [0.3, 0.4) is 0 Å². The maximum atomic E-state index is 11.9. The number of aliphatic hydroxyl groups is 1. The Kier molecular flexibility index (Phi) is 8.11. The Morgan fingerprint density at radius 2 is 2.12 bits per heavy atom. The van der Waals surface area contributed by atoms with Gasteiger partial charge in [0.25, 0.3) is 0 Å². The summed E-state index contributed by atoms with van der Waals surface area (Å²) in [6.07, 6.45) is 1.56. The number of halogens is 1. The van der Waals surface area contributed by atoms with Crippen molar-refractivity contribution in [1.82, 2.24) is 10.2 Å². The highest BCUT2D eigenvalue weighted by Gasteiger charge is 2.15. The predicted octanol–water partition coefficient (Wildman–Crippen LogP) is 2.00. The first-order valence-electron chi connectivity index (χ1n) is 8.46. The van der Waals surface area contributed by atoms with E-state index in [1.54, 1.807) is 11.0 Å². The third-order valence-electron chi connectivity index (χ3n) is 3.90. The maximum Gasteiger partial charge on any atom is 0.317 e. The predicted molar refractivity (Wildman–Crippen MR) is 94.3 cm³/mol. The van der Waals surface area contributed by atoms with E-state index in [-0.39, 0.29) is 23.4 Å². The summed E-state index contributed by atoms with van der Waals surface area (Å²) in [5.74, 6) is 0.494. The molecule has 7 nitrogen and oxygen atoms in total. The van der Waals surface area contributed by atoms with E-state index in [9.17, 15) is 15.0 Å². The molecule has 1 heterocycles. The van der Waals surface area contributed by atoms with E-state index in [1.807, 2.05) is 0 Å². The van der Waals surface area contributed by atoms with Gasteiger partial charge in [0.2, 0.25) is 0 Å². The average molecular weight is 373 g/mol. The summed E-state index contributed by atoms with van der Waals surface area (Å²) < 4.78 is 10.6. The second-order valence-corrected chi connectivity index (χ2v) is 6.31. The lowest BCUT2D eigenvalue weighted by Crippen LogP contribution is -2.46. The molecular formula is C17H25ClN2O5. The van der Waals surface area contributed by atoms with Gasteiger partial charge in [0.15, 0.2) is 0 Å². The molecule has 0 aromatic heterocycles.